The van der Waals surface area contributed by atoms with Gasteiger partial charge in [0.05, 0.1) is 46.8 Å². The van der Waals surface area contributed by atoms with Gasteiger partial charge in [-0.25, -0.2) is 24.4 Å². The first kappa shape index (κ1) is 72.0. The lowest BCUT2D eigenvalue weighted by molar-refractivity contribution is -0.271. The Bertz CT molecular complexity index is 4130. The molecule has 6 aliphatic rings. The minimum atomic E-state index is -1.98. The van der Waals surface area contributed by atoms with Crippen LogP contribution >= 0.6 is 11.3 Å². The maximum atomic E-state index is 13.8. The second-order valence-corrected chi connectivity index (χ2v) is 28.5. The average molecular weight is 1390 g/mol. The summed E-state index contributed by atoms with van der Waals surface area (Å²) in [5.74, 6) is -3.89. The molecule has 4 saturated carbocycles. The number of nitrogens with one attached hydrogen (secondary N) is 2. The standard InChI is InChI=1S/C72H83N9O18S/c1-42(47-20-21-50(76-58(47)64(89)90)45-31-49-48(13-12-15-51(49)75-33-45)63(88)78-67-77-52-14-9-10-16-54(52)100-67)43(2)81(73-5)41-71-36-69(3)35-70(4,37-71)39-72(38-69,40-71)97-28-26-79(6)68(93)96-34-44-18-19-46(32-53(44)98-66-61(87)59(85)60(86)62(99-66)65(91)92)95-30-29-94-27-24-74-55(82)17-8-7-11-25-80-56(83)22-23-57(80)84/h9-10,12-16,18-23,31-33,59-62,66,85-87H,5,7-8,11,17,24-30,34-41H2,1-4,6H3,(H,74,82)(H,89,90)(H,91,92)(H,77,78,88)/b43-42+/t59-,60-,61+,62-,66+,69?,70?,71?,72?/m0/s1. The number of pyridine rings is 2. The van der Waals surface area contributed by atoms with Gasteiger partial charge in [0, 0.05) is 104 Å². The number of carbonyl (C=O) groups is 7. The van der Waals surface area contributed by atoms with Gasteiger partial charge < -0.3 is 64.2 Å². The Kier molecular flexibility index (Phi) is 21.8. The van der Waals surface area contributed by atoms with Crippen molar-refractivity contribution in [3.8, 4) is 22.8 Å². The molecule has 7 N–H and O–H groups in total. The van der Waals surface area contributed by atoms with Gasteiger partial charge in [0.1, 0.15) is 43.0 Å². The van der Waals surface area contributed by atoms with Crippen molar-refractivity contribution in [3.63, 3.8) is 0 Å². The summed E-state index contributed by atoms with van der Waals surface area (Å²) >= 11 is 1.37. The molecule has 100 heavy (non-hydrogen) atoms. The van der Waals surface area contributed by atoms with E-state index in [4.69, 9.17) is 33.4 Å². The molecule has 12 rings (SSSR count). The highest BCUT2D eigenvalue weighted by molar-refractivity contribution is 7.22. The number of aliphatic carboxylic acids is 1. The van der Waals surface area contributed by atoms with E-state index in [1.807, 2.05) is 43.1 Å². The number of hydrogen-bond acceptors (Lipinski definition) is 22. The number of allylic oxidation sites excluding steroid dienone is 2. The van der Waals surface area contributed by atoms with E-state index in [9.17, 15) is 59.1 Å². The number of hydrazone groups is 1. The number of nitrogens with zero attached hydrogens (tertiary/aromatic N) is 7. The molecular weight excluding hydrogens is 1310 g/mol. The summed E-state index contributed by atoms with van der Waals surface area (Å²) in [6.07, 6.45) is 0.989. The first-order valence-electron chi connectivity index (χ1n) is 33.2. The van der Waals surface area contributed by atoms with Gasteiger partial charge in [0.15, 0.2) is 16.9 Å². The zero-order chi connectivity index (χ0) is 71.3. The Morgan fingerprint density at radius 2 is 1.56 bits per heavy atom. The van der Waals surface area contributed by atoms with E-state index in [0.717, 1.165) is 42.3 Å². The van der Waals surface area contributed by atoms with Crippen LogP contribution in [0.2, 0.25) is 0 Å². The number of rotatable bonds is 31. The largest absolute Gasteiger partial charge is 0.491 e. The summed E-state index contributed by atoms with van der Waals surface area (Å²) in [5, 5.41) is 65.4. The van der Waals surface area contributed by atoms with Crippen LogP contribution in [-0.4, -0.2) is 200 Å². The Morgan fingerprint density at radius 3 is 2.29 bits per heavy atom. The fraction of sp³-hybridized carbons (Fsp3) is 0.458. The summed E-state index contributed by atoms with van der Waals surface area (Å²) in [7, 11) is 1.58. The smallest absolute Gasteiger partial charge is 0.409 e. The number of aromatic nitrogens is 3. The predicted molar refractivity (Wildman–Crippen MR) is 367 cm³/mol. The number of aliphatic hydroxyl groups is 3. The van der Waals surface area contributed by atoms with E-state index in [1.54, 1.807) is 55.7 Å². The number of hydrogen-bond donors (Lipinski definition) is 7. The molecule has 1 saturated heterocycles. The van der Waals surface area contributed by atoms with Crippen LogP contribution in [0.1, 0.15) is 124 Å². The van der Waals surface area contributed by atoms with Crippen molar-refractivity contribution in [2.24, 2.45) is 21.3 Å². The van der Waals surface area contributed by atoms with E-state index in [1.165, 1.54) is 45.4 Å². The Balaban J connectivity index is 0.699. The van der Waals surface area contributed by atoms with Crippen LogP contribution in [0.5, 0.6) is 11.5 Å². The number of carbonyl (C=O) groups excluding carboxylic acids is 5. The van der Waals surface area contributed by atoms with Crippen molar-refractivity contribution in [3.05, 3.63) is 125 Å². The summed E-state index contributed by atoms with van der Waals surface area (Å²) in [6, 6.07) is 22.6. The van der Waals surface area contributed by atoms with Crippen molar-refractivity contribution in [2.45, 2.75) is 135 Å². The molecule has 5 heterocycles. The highest BCUT2D eigenvalue weighted by Crippen LogP contribution is 2.72. The van der Waals surface area contributed by atoms with Crippen LogP contribution in [0.25, 0.3) is 38.0 Å². The highest BCUT2D eigenvalue weighted by atomic mass is 32.1. The van der Waals surface area contributed by atoms with Crippen LogP contribution in [-0.2, 0) is 44.7 Å². The number of likely N-dealkylation sites (N-methyl/N-ethyl adjacent to an activating group) is 1. The van der Waals surface area contributed by atoms with Crippen LogP contribution in [0, 0.1) is 16.2 Å². The minimum Gasteiger partial charge on any atom is -0.491 e. The minimum absolute atomic E-state index is 0.0310. The Morgan fingerprint density at radius 1 is 0.810 bits per heavy atom. The quantitative estimate of drug-likeness (QED) is 0.00932. The van der Waals surface area contributed by atoms with Gasteiger partial charge in [-0.3, -0.25) is 39.4 Å². The fourth-order valence-corrected chi connectivity index (χ4v) is 16.6. The van der Waals surface area contributed by atoms with Gasteiger partial charge in [-0.2, -0.15) is 5.10 Å². The molecule has 27 nitrogen and oxygen atoms in total. The molecule has 28 heteroatoms. The topological polar surface area (TPSA) is 361 Å². The molecule has 2 unspecified atom stereocenters. The molecule has 3 aromatic heterocycles. The van der Waals surface area contributed by atoms with Crippen molar-refractivity contribution in [2.75, 3.05) is 65.0 Å². The molecule has 530 valence electrons. The maximum Gasteiger partial charge on any atom is 0.409 e. The first-order chi connectivity index (χ1) is 47.8. The van der Waals surface area contributed by atoms with Crippen molar-refractivity contribution < 1.29 is 87.5 Å². The molecule has 5 fully saturated rings. The lowest BCUT2D eigenvalue weighted by atomic mass is 9.39. The van der Waals surface area contributed by atoms with Crippen LogP contribution in [0.4, 0.5) is 9.93 Å². The zero-order valence-electron chi connectivity index (χ0n) is 56.3. The molecule has 0 radical (unpaired) electrons. The van der Waals surface area contributed by atoms with E-state index in [-0.39, 0.29) is 115 Å². The predicted octanol–water partition coefficient (Wildman–Crippen LogP) is 8.20. The third-order valence-corrected chi connectivity index (χ3v) is 20.3. The van der Waals surface area contributed by atoms with E-state index >= 15 is 0 Å². The second kappa shape index (κ2) is 30.3. The Hall–Kier alpha value is -9.29. The van der Waals surface area contributed by atoms with Crippen LogP contribution < -0.4 is 20.1 Å². The fourth-order valence-electron chi connectivity index (χ4n) is 15.7. The molecule has 3 aromatic carbocycles. The van der Waals surface area contributed by atoms with Crippen molar-refractivity contribution in [1.29, 1.82) is 0 Å². The van der Waals surface area contributed by atoms with Gasteiger partial charge in [-0.05, 0) is 136 Å². The number of para-hydroxylation sites is 1. The number of amides is 5. The number of aromatic carboxylic acids is 1. The van der Waals surface area contributed by atoms with Gasteiger partial charge in [0.2, 0.25) is 12.2 Å². The average Bonchev–Trinajstić information content (AvgIpc) is 0.872. The Labute approximate surface area is 580 Å². The van der Waals surface area contributed by atoms with E-state index < -0.39 is 54.3 Å². The number of aliphatic hydroxyl groups excluding tert-OH is 3. The molecule has 0 spiro atoms. The number of imide groups is 1. The number of ether oxygens (including phenoxy) is 6. The number of fused-ring (bicyclic) bond motifs is 2. The monoisotopic (exact) mass is 1390 g/mol. The van der Waals surface area contributed by atoms with Gasteiger partial charge in [-0.1, -0.05) is 55.9 Å². The lowest BCUT2D eigenvalue weighted by Crippen LogP contribution is -2.65. The normalized spacial score (nSPS) is 24.6. The number of carboxylic acid groups (broad SMARTS) is 2. The molecule has 4 bridgehead atoms. The van der Waals surface area contributed by atoms with Crippen molar-refractivity contribution >= 4 is 91.5 Å². The molecule has 5 amide bonds. The first-order valence-corrected chi connectivity index (χ1v) is 34.1. The van der Waals surface area contributed by atoms with Gasteiger partial charge >= 0.3 is 18.0 Å². The summed E-state index contributed by atoms with van der Waals surface area (Å²) in [4.78, 5) is 105. The van der Waals surface area contributed by atoms with Gasteiger partial charge in [-0.15, -0.1) is 0 Å². The summed E-state index contributed by atoms with van der Waals surface area (Å²) in [6.45, 7) is 13.7. The number of benzene rings is 3. The zero-order valence-corrected chi connectivity index (χ0v) is 57.2. The number of anilines is 1. The second-order valence-electron chi connectivity index (χ2n) is 27.4. The van der Waals surface area contributed by atoms with Gasteiger partial charge in [0.25, 0.3) is 17.7 Å². The molecule has 4 aliphatic carbocycles. The number of carboxylic acids is 2. The SMILES string of the molecule is C=NN(CC12CC3(C)CC(C)(C1)CC(OCCN(C)C(=O)OCc1ccc(OCCOCCNC(=O)CCCCCN4C(=O)C=CC4=O)cc1O[C@@H]1O[C@H](C(=O)O)[C@@H](O)[C@H](O)[C@H]1O)(C3)C2)/C(C)=C(\C)c1ccc(-c2cnc3cccc(C(=O)Nc4nc5ccccc5s4)c3c2)nc1C(=O)O. The number of unbranched alkanes of at least 4 members (excludes halogenated alkanes) is 2. The molecule has 2 aliphatic heterocycles. The maximum absolute atomic E-state index is 13.8. The van der Waals surface area contributed by atoms with E-state index in [0.29, 0.717) is 88.5 Å². The van der Waals surface area contributed by atoms with Crippen molar-refractivity contribution in [1.82, 2.24) is 35.1 Å². The van der Waals surface area contributed by atoms with E-state index in [2.05, 4.69) is 46.3 Å². The summed E-state index contributed by atoms with van der Waals surface area (Å²) < 4.78 is 36.6. The third-order valence-electron chi connectivity index (χ3n) is 19.4. The highest BCUT2D eigenvalue weighted by Gasteiger charge is 2.66. The molecule has 6 aromatic rings. The third kappa shape index (κ3) is 16.3. The molecular formula is C72H83N9O18S. The van der Waals surface area contributed by atoms with Crippen LogP contribution in [0.15, 0.2) is 108 Å². The van der Waals surface area contributed by atoms with Crippen LogP contribution in [0.3, 0.4) is 0 Å². The number of thiazole rings is 1. The molecule has 7 atom stereocenters. The summed E-state index contributed by atoms with van der Waals surface area (Å²) in [5.41, 5.74) is 3.37. The lowest BCUT2D eigenvalue weighted by Gasteiger charge is -2.69.